The third-order valence-electron chi connectivity index (χ3n) is 3.52. The van der Waals surface area contributed by atoms with E-state index in [1.165, 1.54) is 31.3 Å². The van der Waals surface area contributed by atoms with Gasteiger partial charge >= 0.3 is 0 Å². The minimum Gasteiger partial charge on any atom is -0.123 e. The molecule has 0 heterocycles. The van der Waals surface area contributed by atoms with Crippen LogP contribution in [0.4, 0.5) is 0 Å². The van der Waals surface area contributed by atoms with Crippen LogP contribution in [0.3, 0.4) is 0 Å². The molecule has 0 N–H and O–H groups in total. The molecule has 3 rings (SSSR count). The van der Waals surface area contributed by atoms with Crippen LogP contribution in [0.15, 0.2) is 58.3 Å². The summed E-state index contributed by atoms with van der Waals surface area (Å²) in [6.07, 6.45) is 0. The van der Waals surface area contributed by atoms with Gasteiger partial charge in [-0.05, 0) is 45.8 Å². The summed E-state index contributed by atoms with van der Waals surface area (Å²) in [5.74, 6) is 0. The van der Waals surface area contributed by atoms with Gasteiger partial charge in [0, 0.05) is 20.3 Å². The van der Waals surface area contributed by atoms with Crippen molar-refractivity contribution in [3.63, 3.8) is 0 Å². The molecular formula is C20H22S2. The topological polar surface area (TPSA) is 0 Å². The van der Waals surface area contributed by atoms with E-state index in [9.17, 15) is 0 Å². The van der Waals surface area contributed by atoms with E-state index in [-0.39, 0.29) is 0 Å². The normalized spacial score (nSPS) is 11.9. The van der Waals surface area contributed by atoms with Crippen LogP contribution in [0.1, 0.15) is 27.7 Å². The van der Waals surface area contributed by atoms with Crippen molar-refractivity contribution in [1.82, 2.24) is 0 Å². The monoisotopic (exact) mass is 326 g/mol. The van der Waals surface area contributed by atoms with Gasteiger partial charge in [-0.15, -0.1) is 23.5 Å². The van der Waals surface area contributed by atoms with Crippen LogP contribution in [0.25, 0.3) is 21.5 Å². The highest BCUT2D eigenvalue weighted by Gasteiger charge is 2.05. The highest BCUT2D eigenvalue weighted by molar-refractivity contribution is 8.00. The van der Waals surface area contributed by atoms with Gasteiger partial charge in [0.05, 0.1) is 0 Å². The molecule has 0 amide bonds. The van der Waals surface area contributed by atoms with Crippen molar-refractivity contribution in [2.45, 2.75) is 48.0 Å². The van der Waals surface area contributed by atoms with E-state index in [0.29, 0.717) is 10.5 Å². The summed E-state index contributed by atoms with van der Waals surface area (Å²) in [6, 6.07) is 18.2. The van der Waals surface area contributed by atoms with Gasteiger partial charge in [-0.25, -0.2) is 0 Å². The van der Waals surface area contributed by atoms with Crippen molar-refractivity contribution in [3.8, 4) is 0 Å². The Morgan fingerprint density at radius 1 is 0.591 bits per heavy atom. The zero-order valence-corrected chi connectivity index (χ0v) is 15.2. The molecule has 0 saturated heterocycles. The minimum atomic E-state index is 0.619. The molecule has 0 nitrogen and oxygen atoms in total. The largest absolute Gasteiger partial charge is 0.123 e. The number of fused-ring (bicyclic) bond motifs is 3. The van der Waals surface area contributed by atoms with Crippen molar-refractivity contribution < 1.29 is 0 Å². The van der Waals surface area contributed by atoms with Gasteiger partial charge < -0.3 is 0 Å². The molecule has 0 aliphatic carbocycles. The summed E-state index contributed by atoms with van der Waals surface area (Å²) in [5, 5.41) is 6.62. The Bertz CT molecular complexity index is 735. The smallest absolute Gasteiger partial charge is 0.00809 e. The molecule has 114 valence electrons. The van der Waals surface area contributed by atoms with E-state index in [1.807, 2.05) is 23.5 Å². The van der Waals surface area contributed by atoms with E-state index >= 15 is 0 Å². The highest BCUT2D eigenvalue weighted by Crippen LogP contribution is 2.33. The van der Waals surface area contributed by atoms with E-state index in [0.717, 1.165) is 0 Å². The Hall–Kier alpha value is -1.12. The molecule has 0 spiro atoms. The molecule has 0 atom stereocenters. The lowest BCUT2D eigenvalue weighted by Crippen LogP contribution is -1.87. The Kier molecular flexibility index (Phi) is 4.70. The number of benzene rings is 3. The van der Waals surface area contributed by atoms with Crippen LogP contribution in [-0.2, 0) is 0 Å². The fourth-order valence-corrected chi connectivity index (χ4v) is 4.49. The highest BCUT2D eigenvalue weighted by atomic mass is 32.2. The predicted molar refractivity (Wildman–Crippen MR) is 103 cm³/mol. The molecule has 2 heteroatoms. The second-order valence-electron chi connectivity index (χ2n) is 6.16. The van der Waals surface area contributed by atoms with Gasteiger partial charge in [0.1, 0.15) is 0 Å². The maximum Gasteiger partial charge on any atom is 0.00809 e. The average molecular weight is 327 g/mol. The Morgan fingerprint density at radius 2 is 1.00 bits per heavy atom. The van der Waals surface area contributed by atoms with Gasteiger partial charge in [0.15, 0.2) is 0 Å². The van der Waals surface area contributed by atoms with Gasteiger partial charge in [0.25, 0.3) is 0 Å². The summed E-state index contributed by atoms with van der Waals surface area (Å²) in [4.78, 5) is 2.71. The Labute approximate surface area is 141 Å². The van der Waals surface area contributed by atoms with Crippen LogP contribution >= 0.6 is 23.5 Å². The predicted octanol–water partition coefficient (Wildman–Crippen LogP) is 6.99. The average Bonchev–Trinajstić information content (AvgIpc) is 2.45. The fraction of sp³-hybridized carbons (Fsp3) is 0.300. The third-order valence-corrected chi connectivity index (χ3v) is 5.52. The summed E-state index contributed by atoms with van der Waals surface area (Å²) < 4.78 is 0. The van der Waals surface area contributed by atoms with Crippen molar-refractivity contribution in [2.24, 2.45) is 0 Å². The maximum atomic E-state index is 2.32. The first-order chi connectivity index (χ1) is 10.5. The first-order valence-electron chi connectivity index (χ1n) is 7.83. The van der Waals surface area contributed by atoms with Crippen molar-refractivity contribution in [2.75, 3.05) is 0 Å². The summed E-state index contributed by atoms with van der Waals surface area (Å²) in [6.45, 7) is 8.96. The lowest BCUT2D eigenvalue weighted by molar-refractivity contribution is 1.11. The van der Waals surface area contributed by atoms with Crippen LogP contribution in [0, 0.1) is 0 Å². The molecular weight excluding hydrogens is 304 g/mol. The van der Waals surface area contributed by atoms with E-state index in [2.05, 4.69) is 76.2 Å². The zero-order valence-electron chi connectivity index (χ0n) is 13.6. The second-order valence-corrected chi connectivity index (χ2v) is 9.46. The fourth-order valence-electron chi connectivity index (χ4n) is 2.72. The molecule has 3 aromatic rings. The van der Waals surface area contributed by atoms with Crippen LogP contribution in [0.2, 0.25) is 0 Å². The summed E-state index contributed by atoms with van der Waals surface area (Å²) in [7, 11) is 0. The van der Waals surface area contributed by atoms with E-state index in [1.54, 1.807) is 0 Å². The molecule has 0 aliphatic rings. The Morgan fingerprint density at radius 3 is 1.36 bits per heavy atom. The molecule has 0 aliphatic heterocycles. The molecule has 0 bridgehead atoms. The molecule has 22 heavy (non-hydrogen) atoms. The van der Waals surface area contributed by atoms with Crippen molar-refractivity contribution in [1.29, 1.82) is 0 Å². The first-order valence-corrected chi connectivity index (χ1v) is 9.59. The number of hydrogen-bond acceptors (Lipinski definition) is 2. The SMILES string of the molecule is CC(C)Sc1ccc2c(ccc3cc(SC(C)C)ccc32)c1. The molecule has 0 saturated carbocycles. The van der Waals surface area contributed by atoms with Crippen LogP contribution in [0.5, 0.6) is 0 Å². The van der Waals surface area contributed by atoms with Crippen molar-refractivity contribution >= 4 is 45.1 Å². The maximum absolute atomic E-state index is 2.32. The lowest BCUT2D eigenvalue weighted by Gasteiger charge is -2.10. The van der Waals surface area contributed by atoms with Crippen molar-refractivity contribution in [3.05, 3.63) is 48.5 Å². The molecule has 0 aromatic heterocycles. The molecule has 0 radical (unpaired) electrons. The van der Waals surface area contributed by atoms with Gasteiger partial charge in [-0.1, -0.05) is 52.0 Å². The summed E-state index contributed by atoms with van der Waals surface area (Å²) >= 11 is 3.85. The Balaban J connectivity index is 2.07. The van der Waals surface area contributed by atoms with E-state index in [4.69, 9.17) is 0 Å². The number of thioether (sulfide) groups is 2. The minimum absolute atomic E-state index is 0.619. The third kappa shape index (κ3) is 3.44. The lowest BCUT2D eigenvalue weighted by atomic mass is 10.0. The van der Waals surface area contributed by atoms with E-state index < -0.39 is 0 Å². The second kappa shape index (κ2) is 6.55. The number of rotatable bonds is 4. The first kappa shape index (κ1) is 15.8. The quantitative estimate of drug-likeness (QED) is 0.374. The zero-order chi connectivity index (χ0) is 15.7. The van der Waals surface area contributed by atoms with Crippen LogP contribution < -0.4 is 0 Å². The van der Waals surface area contributed by atoms with Gasteiger partial charge in [0.2, 0.25) is 0 Å². The summed E-state index contributed by atoms with van der Waals surface area (Å²) in [5.41, 5.74) is 0. The molecule has 0 fully saturated rings. The molecule has 3 aromatic carbocycles. The van der Waals surface area contributed by atoms with Crippen LogP contribution in [-0.4, -0.2) is 10.5 Å². The van der Waals surface area contributed by atoms with Gasteiger partial charge in [-0.2, -0.15) is 0 Å². The molecule has 0 unspecified atom stereocenters. The standard InChI is InChI=1S/C20H22S2/c1-13(2)21-17-7-9-19-15(11-17)5-6-16-12-18(22-14(3)4)8-10-20(16)19/h5-14H,1-4H3. The van der Waals surface area contributed by atoms with Gasteiger partial charge in [-0.3, -0.25) is 0 Å². The number of hydrogen-bond donors (Lipinski definition) is 0.